The fourth-order valence-corrected chi connectivity index (χ4v) is 3.74. The Hall–Kier alpha value is -3.06. The van der Waals surface area contributed by atoms with Crippen LogP contribution in [0.25, 0.3) is 5.69 Å². The molecule has 1 aromatic carbocycles. The molecule has 2 heterocycles. The van der Waals surface area contributed by atoms with Gasteiger partial charge in [0.15, 0.2) is 5.96 Å². The van der Waals surface area contributed by atoms with Crippen LogP contribution in [-0.2, 0) is 12.1 Å². The maximum Gasteiger partial charge on any atom is 0.191 e. The summed E-state index contributed by atoms with van der Waals surface area (Å²) in [5, 5.41) is 22.2. The molecule has 0 radical (unpaired) electrons. The minimum Gasteiger partial charge on any atom is -0.466 e. The molecule has 3 rings (SSSR count). The first kappa shape index (κ1) is 22.6. The summed E-state index contributed by atoms with van der Waals surface area (Å²) < 4.78 is 7.54. The van der Waals surface area contributed by atoms with Gasteiger partial charge in [-0.3, -0.25) is 0 Å². The Kier molecular flexibility index (Phi) is 6.85. The highest BCUT2D eigenvalue weighted by atomic mass is 16.3. The predicted octanol–water partition coefficient (Wildman–Crippen LogP) is 3.66. The van der Waals surface area contributed by atoms with Crippen LogP contribution in [0.1, 0.15) is 47.9 Å². The molecule has 2 aromatic heterocycles. The van der Waals surface area contributed by atoms with Gasteiger partial charge in [0.25, 0.3) is 0 Å². The van der Waals surface area contributed by atoms with Gasteiger partial charge in [-0.25, -0.2) is 9.67 Å². The highest BCUT2D eigenvalue weighted by Gasteiger charge is 2.28. The quantitative estimate of drug-likeness (QED) is 0.399. The number of rotatable bonds is 7. The van der Waals surface area contributed by atoms with E-state index in [0.717, 1.165) is 46.3 Å². The molecule has 0 aliphatic rings. The lowest BCUT2D eigenvalue weighted by atomic mass is 9.96. The van der Waals surface area contributed by atoms with Crippen molar-refractivity contribution >= 4 is 5.96 Å². The third-order valence-electron chi connectivity index (χ3n) is 5.40. The van der Waals surface area contributed by atoms with E-state index in [9.17, 15) is 5.11 Å². The number of nitrogens with zero attached hydrogens (tertiary/aromatic N) is 3. The molecule has 1 atom stereocenters. The van der Waals surface area contributed by atoms with Gasteiger partial charge in [0.2, 0.25) is 0 Å². The summed E-state index contributed by atoms with van der Waals surface area (Å²) in [4.78, 5) is 4.74. The SMILES string of the molecule is CCNC(=NCc1c(C)nn(-c2ccccc2)c1C)NCC(C)(O)c1cc(C)oc1C. The van der Waals surface area contributed by atoms with Crippen LogP contribution < -0.4 is 10.6 Å². The summed E-state index contributed by atoms with van der Waals surface area (Å²) in [5.41, 5.74) is 3.85. The molecule has 0 saturated carbocycles. The minimum absolute atomic E-state index is 0.305. The number of furan rings is 1. The van der Waals surface area contributed by atoms with Crippen LogP contribution in [0.4, 0.5) is 0 Å². The Morgan fingerprint density at radius 3 is 2.48 bits per heavy atom. The molecule has 0 bridgehead atoms. The molecule has 0 aliphatic carbocycles. The number of aliphatic imine (C=N–C) groups is 1. The molecule has 7 nitrogen and oxygen atoms in total. The maximum absolute atomic E-state index is 11.0. The minimum atomic E-state index is -1.08. The molecule has 0 spiro atoms. The van der Waals surface area contributed by atoms with Crippen molar-refractivity contribution in [3.8, 4) is 5.69 Å². The molecule has 0 aliphatic heterocycles. The van der Waals surface area contributed by atoms with Crippen LogP contribution in [0, 0.1) is 27.7 Å². The zero-order chi connectivity index (χ0) is 22.6. The molecule has 3 N–H and O–H groups in total. The molecule has 0 saturated heterocycles. The van der Waals surface area contributed by atoms with Crippen LogP contribution in [0.5, 0.6) is 0 Å². The van der Waals surface area contributed by atoms with Gasteiger partial charge in [-0.15, -0.1) is 0 Å². The topological polar surface area (TPSA) is 87.6 Å². The number of benzene rings is 1. The van der Waals surface area contributed by atoms with Gasteiger partial charge in [0.1, 0.15) is 17.1 Å². The van der Waals surface area contributed by atoms with Crippen LogP contribution in [0.2, 0.25) is 0 Å². The highest BCUT2D eigenvalue weighted by Crippen LogP contribution is 2.26. The van der Waals surface area contributed by atoms with Crippen molar-refractivity contribution in [3.63, 3.8) is 0 Å². The second-order valence-corrected chi connectivity index (χ2v) is 8.05. The summed E-state index contributed by atoms with van der Waals surface area (Å²) in [6, 6.07) is 12.0. The van der Waals surface area contributed by atoms with Crippen molar-refractivity contribution < 1.29 is 9.52 Å². The first-order valence-electron chi connectivity index (χ1n) is 10.7. The van der Waals surface area contributed by atoms with E-state index in [1.807, 2.05) is 68.8 Å². The fourth-order valence-electron chi connectivity index (χ4n) is 3.74. The summed E-state index contributed by atoms with van der Waals surface area (Å²) in [6.45, 7) is 13.1. The lowest BCUT2D eigenvalue weighted by Crippen LogP contribution is -2.44. The van der Waals surface area contributed by atoms with Crippen molar-refractivity contribution in [1.82, 2.24) is 20.4 Å². The highest BCUT2D eigenvalue weighted by molar-refractivity contribution is 5.79. The van der Waals surface area contributed by atoms with E-state index in [1.54, 1.807) is 6.92 Å². The standard InChI is InChI=1S/C24H33N5O2/c1-7-25-23(27-15-24(6,30)22-13-16(2)31-19(22)5)26-14-21-17(3)28-29(18(21)4)20-11-9-8-10-12-20/h8-13,30H,7,14-15H2,1-6H3,(H2,25,26,27). The van der Waals surface area contributed by atoms with Crippen LogP contribution >= 0.6 is 0 Å². The largest absolute Gasteiger partial charge is 0.466 e. The number of guanidine groups is 1. The van der Waals surface area contributed by atoms with Gasteiger partial charge in [0, 0.05) is 23.4 Å². The number of hydrogen-bond donors (Lipinski definition) is 3. The second kappa shape index (κ2) is 9.39. The molecule has 7 heteroatoms. The van der Waals surface area contributed by atoms with E-state index in [4.69, 9.17) is 14.5 Å². The molecule has 0 fully saturated rings. The van der Waals surface area contributed by atoms with Crippen molar-refractivity contribution in [3.05, 3.63) is 70.4 Å². The number of aryl methyl sites for hydroxylation is 3. The van der Waals surface area contributed by atoms with E-state index >= 15 is 0 Å². The van der Waals surface area contributed by atoms with E-state index in [2.05, 4.69) is 17.6 Å². The summed E-state index contributed by atoms with van der Waals surface area (Å²) >= 11 is 0. The van der Waals surface area contributed by atoms with Gasteiger partial charge in [-0.1, -0.05) is 18.2 Å². The lowest BCUT2D eigenvalue weighted by molar-refractivity contribution is 0.0601. The third kappa shape index (κ3) is 5.17. The van der Waals surface area contributed by atoms with Crippen molar-refractivity contribution in [2.75, 3.05) is 13.1 Å². The Bertz CT molecular complexity index is 1050. The van der Waals surface area contributed by atoms with Gasteiger partial charge >= 0.3 is 0 Å². The molecular weight excluding hydrogens is 390 g/mol. The maximum atomic E-state index is 11.0. The number of nitrogens with one attached hydrogen (secondary N) is 2. The summed E-state index contributed by atoms with van der Waals surface area (Å²) in [6.07, 6.45) is 0. The normalized spacial score (nSPS) is 13.8. The zero-order valence-corrected chi connectivity index (χ0v) is 19.3. The molecule has 31 heavy (non-hydrogen) atoms. The van der Waals surface area contributed by atoms with Crippen molar-refractivity contribution in [2.45, 2.75) is 53.7 Å². The molecular formula is C24H33N5O2. The fraction of sp³-hybridized carbons (Fsp3) is 0.417. The monoisotopic (exact) mass is 423 g/mol. The smallest absolute Gasteiger partial charge is 0.191 e. The zero-order valence-electron chi connectivity index (χ0n) is 19.3. The van der Waals surface area contributed by atoms with Crippen molar-refractivity contribution in [2.24, 2.45) is 4.99 Å². The van der Waals surface area contributed by atoms with E-state index in [0.29, 0.717) is 19.0 Å². The average molecular weight is 424 g/mol. The van der Waals surface area contributed by atoms with Gasteiger partial charge in [-0.05, 0) is 59.7 Å². The van der Waals surface area contributed by atoms with E-state index < -0.39 is 5.60 Å². The third-order valence-corrected chi connectivity index (χ3v) is 5.40. The average Bonchev–Trinajstić information content (AvgIpc) is 3.23. The summed E-state index contributed by atoms with van der Waals surface area (Å²) in [5.74, 6) is 2.16. The summed E-state index contributed by atoms with van der Waals surface area (Å²) in [7, 11) is 0. The van der Waals surface area contributed by atoms with Crippen LogP contribution in [0.3, 0.4) is 0 Å². The Balaban J connectivity index is 1.76. The van der Waals surface area contributed by atoms with Crippen LogP contribution in [0.15, 0.2) is 45.8 Å². The predicted molar refractivity (Wildman–Crippen MR) is 124 cm³/mol. The number of aromatic nitrogens is 2. The Morgan fingerprint density at radius 2 is 1.87 bits per heavy atom. The first-order valence-corrected chi connectivity index (χ1v) is 10.7. The first-order chi connectivity index (χ1) is 14.7. The Labute approximate surface area is 184 Å². The van der Waals surface area contributed by atoms with E-state index in [1.165, 1.54) is 0 Å². The molecule has 0 amide bonds. The number of aliphatic hydroxyl groups is 1. The lowest BCUT2D eigenvalue weighted by Gasteiger charge is -2.24. The van der Waals surface area contributed by atoms with Crippen molar-refractivity contribution in [1.29, 1.82) is 0 Å². The van der Waals surface area contributed by atoms with Crippen LogP contribution in [-0.4, -0.2) is 33.9 Å². The Morgan fingerprint density at radius 1 is 1.16 bits per heavy atom. The molecule has 3 aromatic rings. The molecule has 1 unspecified atom stereocenters. The van der Waals surface area contributed by atoms with Gasteiger partial charge < -0.3 is 20.2 Å². The van der Waals surface area contributed by atoms with Gasteiger partial charge in [-0.2, -0.15) is 5.10 Å². The molecule has 166 valence electrons. The number of hydrogen-bond acceptors (Lipinski definition) is 4. The van der Waals surface area contributed by atoms with Gasteiger partial charge in [0.05, 0.1) is 24.5 Å². The number of para-hydroxylation sites is 1. The second-order valence-electron chi connectivity index (χ2n) is 8.05. The van der Waals surface area contributed by atoms with E-state index in [-0.39, 0.29) is 0 Å².